The molecule has 3 rings (SSSR count). The van der Waals surface area contributed by atoms with Crippen molar-refractivity contribution in [1.82, 2.24) is 5.32 Å². The Hall–Kier alpha value is -0.860. The number of rotatable bonds is 4. The van der Waals surface area contributed by atoms with Crippen molar-refractivity contribution < 1.29 is 4.74 Å². The van der Waals surface area contributed by atoms with Crippen molar-refractivity contribution >= 4 is 0 Å². The molecular formula is C19H29NO. The van der Waals surface area contributed by atoms with Gasteiger partial charge in [-0.3, -0.25) is 0 Å². The Morgan fingerprint density at radius 3 is 2.52 bits per heavy atom. The van der Waals surface area contributed by atoms with Crippen LogP contribution in [-0.4, -0.2) is 25.8 Å². The van der Waals surface area contributed by atoms with Gasteiger partial charge in [0.2, 0.25) is 0 Å². The highest BCUT2D eigenvalue weighted by atomic mass is 16.5. The quantitative estimate of drug-likeness (QED) is 0.904. The Labute approximate surface area is 129 Å². The summed E-state index contributed by atoms with van der Waals surface area (Å²) in [6, 6.07) is 11.2. The molecule has 1 aromatic rings. The molecule has 2 aliphatic rings. The molecule has 0 amide bonds. The maximum Gasteiger partial charge on any atom is 0.0731 e. The summed E-state index contributed by atoms with van der Waals surface area (Å²) in [5.74, 6) is 2.07. The van der Waals surface area contributed by atoms with Crippen LogP contribution < -0.4 is 5.32 Å². The van der Waals surface area contributed by atoms with Gasteiger partial charge in [0.25, 0.3) is 0 Å². The first-order valence-electron chi connectivity index (χ1n) is 8.73. The van der Waals surface area contributed by atoms with E-state index >= 15 is 0 Å². The fourth-order valence-corrected chi connectivity index (χ4v) is 4.33. The number of hydrogen-bond acceptors (Lipinski definition) is 2. The predicted octanol–water partition coefficient (Wildman–Crippen LogP) is 3.98. The highest BCUT2D eigenvalue weighted by Crippen LogP contribution is 2.42. The summed E-state index contributed by atoms with van der Waals surface area (Å²) >= 11 is 0. The molecule has 1 aliphatic heterocycles. The topological polar surface area (TPSA) is 21.3 Å². The number of nitrogens with one attached hydrogen (secondary N) is 1. The van der Waals surface area contributed by atoms with Crippen LogP contribution in [0.1, 0.15) is 50.5 Å². The molecule has 1 heterocycles. The van der Waals surface area contributed by atoms with Gasteiger partial charge in [-0.2, -0.15) is 0 Å². The van der Waals surface area contributed by atoms with Crippen LogP contribution >= 0.6 is 0 Å². The van der Waals surface area contributed by atoms with Crippen LogP contribution in [-0.2, 0) is 4.74 Å². The van der Waals surface area contributed by atoms with E-state index < -0.39 is 0 Å². The van der Waals surface area contributed by atoms with E-state index in [1.54, 1.807) is 0 Å². The number of hydrogen-bond donors (Lipinski definition) is 1. The fourth-order valence-electron chi connectivity index (χ4n) is 4.33. The summed E-state index contributed by atoms with van der Waals surface area (Å²) < 4.78 is 6.07. The van der Waals surface area contributed by atoms with E-state index in [0.717, 1.165) is 25.6 Å². The minimum Gasteiger partial charge on any atom is -0.375 e. The van der Waals surface area contributed by atoms with Gasteiger partial charge in [0.1, 0.15) is 0 Å². The second-order valence-electron chi connectivity index (χ2n) is 6.81. The number of benzene rings is 1. The van der Waals surface area contributed by atoms with Crippen molar-refractivity contribution in [2.24, 2.45) is 11.8 Å². The van der Waals surface area contributed by atoms with Gasteiger partial charge in [-0.05, 0) is 36.2 Å². The lowest BCUT2D eigenvalue weighted by Gasteiger charge is -2.39. The average molecular weight is 287 g/mol. The molecule has 2 heteroatoms. The third-order valence-corrected chi connectivity index (χ3v) is 5.45. The summed E-state index contributed by atoms with van der Waals surface area (Å²) in [6.07, 6.45) is 7.39. The van der Waals surface area contributed by atoms with E-state index in [2.05, 4.69) is 42.6 Å². The molecule has 1 aromatic carbocycles. The summed E-state index contributed by atoms with van der Waals surface area (Å²) in [7, 11) is 0. The highest BCUT2D eigenvalue weighted by Gasteiger charge is 2.34. The van der Waals surface area contributed by atoms with Crippen molar-refractivity contribution in [3.63, 3.8) is 0 Å². The first kappa shape index (κ1) is 15.1. The molecule has 1 saturated carbocycles. The smallest absolute Gasteiger partial charge is 0.0731 e. The molecule has 3 atom stereocenters. The first-order chi connectivity index (χ1) is 10.4. The van der Waals surface area contributed by atoms with Gasteiger partial charge < -0.3 is 10.1 Å². The summed E-state index contributed by atoms with van der Waals surface area (Å²) in [5.41, 5.74) is 1.52. The Morgan fingerprint density at radius 1 is 1.10 bits per heavy atom. The normalized spacial score (nSPS) is 27.2. The molecule has 116 valence electrons. The Morgan fingerprint density at radius 2 is 1.86 bits per heavy atom. The highest BCUT2D eigenvalue weighted by molar-refractivity contribution is 5.22. The molecule has 0 spiro atoms. The van der Waals surface area contributed by atoms with E-state index in [9.17, 15) is 0 Å². The van der Waals surface area contributed by atoms with E-state index in [1.165, 1.54) is 37.7 Å². The van der Waals surface area contributed by atoms with Crippen LogP contribution in [0, 0.1) is 11.8 Å². The third kappa shape index (κ3) is 3.67. The maximum absolute atomic E-state index is 6.07. The Kier molecular flexibility index (Phi) is 5.32. The first-order valence-corrected chi connectivity index (χ1v) is 8.73. The van der Waals surface area contributed by atoms with Gasteiger partial charge in [-0.25, -0.2) is 0 Å². The molecule has 21 heavy (non-hydrogen) atoms. The second kappa shape index (κ2) is 7.42. The average Bonchev–Trinajstić information content (AvgIpc) is 2.58. The SMILES string of the molecule is CC(C1CNCCO1)C(c1ccccc1)C1CCCCC1. The molecule has 0 radical (unpaired) electrons. The van der Waals surface area contributed by atoms with Gasteiger partial charge in [-0.1, -0.05) is 56.5 Å². The largest absolute Gasteiger partial charge is 0.375 e. The molecule has 3 unspecified atom stereocenters. The molecule has 2 fully saturated rings. The second-order valence-corrected chi connectivity index (χ2v) is 6.81. The van der Waals surface area contributed by atoms with E-state index in [1.807, 2.05) is 0 Å². The molecule has 0 bridgehead atoms. The standard InChI is InChI=1S/C19H29NO/c1-15(18-14-20-12-13-21-18)19(16-8-4-2-5-9-16)17-10-6-3-7-11-17/h2,4-5,8-9,15,17-20H,3,6-7,10-14H2,1H3. The molecular weight excluding hydrogens is 258 g/mol. The lowest BCUT2D eigenvalue weighted by molar-refractivity contribution is -0.0192. The lowest BCUT2D eigenvalue weighted by atomic mass is 9.70. The molecule has 1 aliphatic carbocycles. The van der Waals surface area contributed by atoms with Crippen molar-refractivity contribution in [2.75, 3.05) is 19.7 Å². The van der Waals surface area contributed by atoms with Crippen LogP contribution in [0.15, 0.2) is 30.3 Å². The third-order valence-electron chi connectivity index (χ3n) is 5.45. The predicted molar refractivity (Wildman–Crippen MR) is 87.5 cm³/mol. The zero-order chi connectivity index (χ0) is 14.5. The molecule has 0 aromatic heterocycles. The zero-order valence-electron chi connectivity index (χ0n) is 13.3. The summed E-state index contributed by atoms with van der Waals surface area (Å²) in [5, 5.41) is 3.50. The fraction of sp³-hybridized carbons (Fsp3) is 0.684. The van der Waals surface area contributed by atoms with Crippen molar-refractivity contribution in [1.29, 1.82) is 0 Å². The van der Waals surface area contributed by atoms with E-state index in [4.69, 9.17) is 4.74 Å². The summed E-state index contributed by atoms with van der Waals surface area (Å²) in [6.45, 7) is 5.28. The summed E-state index contributed by atoms with van der Waals surface area (Å²) in [4.78, 5) is 0. The Balaban J connectivity index is 1.80. The zero-order valence-corrected chi connectivity index (χ0v) is 13.3. The van der Waals surface area contributed by atoms with Crippen LogP contribution in [0.2, 0.25) is 0 Å². The number of morpholine rings is 1. The Bertz CT molecular complexity index is 407. The van der Waals surface area contributed by atoms with Gasteiger partial charge in [0, 0.05) is 13.1 Å². The maximum atomic E-state index is 6.07. The minimum atomic E-state index is 0.367. The van der Waals surface area contributed by atoms with Gasteiger partial charge in [-0.15, -0.1) is 0 Å². The van der Waals surface area contributed by atoms with Crippen LogP contribution in [0.25, 0.3) is 0 Å². The van der Waals surface area contributed by atoms with Crippen molar-refractivity contribution in [3.05, 3.63) is 35.9 Å². The van der Waals surface area contributed by atoms with Crippen LogP contribution in [0.4, 0.5) is 0 Å². The molecule has 1 saturated heterocycles. The molecule has 2 nitrogen and oxygen atoms in total. The number of ether oxygens (including phenoxy) is 1. The van der Waals surface area contributed by atoms with Crippen molar-refractivity contribution in [2.45, 2.75) is 51.0 Å². The van der Waals surface area contributed by atoms with Crippen LogP contribution in [0.3, 0.4) is 0 Å². The molecule has 1 N–H and O–H groups in total. The minimum absolute atomic E-state index is 0.367. The van der Waals surface area contributed by atoms with Gasteiger partial charge in [0.05, 0.1) is 12.7 Å². The van der Waals surface area contributed by atoms with E-state index in [0.29, 0.717) is 17.9 Å². The lowest BCUT2D eigenvalue weighted by Crippen LogP contribution is -2.44. The van der Waals surface area contributed by atoms with E-state index in [-0.39, 0.29) is 0 Å². The van der Waals surface area contributed by atoms with Gasteiger partial charge in [0.15, 0.2) is 0 Å². The van der Waals surface area contributed by atoms with Gasteiger partial charge >= 0.3 is 0 Å². The van der Waals surface area contributed by atoms with Crippen molar-refractivity contribution in [3.8, 4) is 0 Å². The monoisotopic (exact) mass is 287 g/mol. The van der Waals surface area contributed by atoms with Crippen LogP contribution in [0.5, 0.6) is 0 Å².